The molecule has 1 atom stereocenters. The van der Waals surface area contributed by atoms with Crippen LogP contribution >= 0.6 is 27.5 Å². The fourth-order valence-corrected chi connectivity index (χ4v) is 6.98. The Balaban J connectivity index is 1.59. The molecule has 42 heavy (non-hydrogen) atoms. The van der Waals surface area contributed by atoms with Crippen LogP contribution in [0.15, 0.2) is 83.3 Å². The van der Waals surface area contributed by atoms with E-state index in [-0.39, 0.29) is 43.8 Å². The smallest absolute Gasteiger partial charge is 0.243 e. The Morgan fingerprint density at radius 3 is 2.33 bits per heavy atom. The quantitative estimate of drug-likeness (QED) is 0.229. The fourth-order valence-electron chi connectivity index (χ4n) is 5.39. The second-order valence-corrected chi connectivity index (χ2v) is 14.0. The maximum atomic E-state index is 14.0. The molecule has 0 unspecified atom stereocenters. The molecule has 0 bridgehead atoms. The lowest BCUT2D eigenvalue weighted by molar-refractivity contribution is -0.141. The van der Waals surface area contributed by atoms with Gasteiger partial charge in [-0.25, -0.2) is 8.42 Å². The highest BCUT2D eigenvalue weighted by Crippen LogP contribution is 2.24. The van der Waals surface area contributed by atoms with Crippen LogP contribution in [-0.4, -0.2) is 50.0 Å². The Morgan fingerprint density at radius 2 is 1.67 bits per heavy atom. The molecule has 4 rings (SSSR count). The minimum Gasteiger partial charge on any atom is -0.352 e. The Kier molecular flexibility index (Phi) is 11.5. The van der Waals surface area contributed by atoms with Gasteiger partial charge >= 0.3 is 0 Å². The summed E-state index contributed by atoms with van der Waals surface area (Å²) in [6.45, 7) is 0.352. The summed E-state index contributed by atoms with van der Waals surface area (Å²) in [6, 6.07) is 23.4. The van der Waals surface area contributed by atoms with Crippen molar-refractivity contribution < 1.29 is 18.0 Å². The lowest BCUT2D eigenvalue weighted by atomic mass is 10.0. The number of anilines is 1. The average molecular weight is 675 g/mol. The van der Waals surface area contributed by atoms with Crippen molar-refractivity contribution in [1.29, 1.82) is 0 Å². The highest BCUT2D eigenvalue weighted by Gasteiger charge is 2.32. The molecule has 0 spiro atoms. The highest BCUT2D eigenvalue weighted by atomic mass is 79.9. The molecule has 0 heterocycles. The lowest BCUT2D eigenvalue weighted by Gasteiger charge is -2.33. The van der Waals surface area contributed by atoms with Gasteiger partial charge in [0, 0.05) is 41.5 Å². The second kappa shape index (κ2) is 15.0. The number of carbonyl (C=O) groups is 2. The van der Waals surface area contributed by atoms with Gasteiger partial charge in [-0.1, -0.05) is 88.9 Å². The molecule has 224 valence electrons. The molecule has 0 aliphatic heterocycles. The summed E-state index contributed by atoms with van der Waals surface area (Å²) >= 11 is 9.64. The van der Waals surface area contributed by atoms with E-state index in [4.69, 9.17) is 11.6 Å². The van der Waals surface area contributed by atoms with E-state index in [1.807, 2.05) is 54.6 Å². The molecular weight excluding hydrogens is 638 g/mol. The molecule has 1 fully saturated rings. The fraction of sp³-hybridized carbons (Fsp3) is 0.375. The van der Waals surface area contributed by atoms with E-state index < -0.39 is 16.1 Å². The largest absolute Gasteiger partial charge is 0.352 e. The molecule has 10 heteroatoms. The first-order valence-electron chi connectivity index (χ1n) is 14.2. The molecule has 3 aromatic carbocycles. The van der Waals surface area contributed by atoms with E-state index in [1.54, 1.807) is 29.2 Å². The first kappa shape index (κ1) is 32.0. The monoisotopic (exact) mass is 673 g/mol. The van der Waals surface area contributed by atoms with Crippen LogP contribution < -0.4 is 9.62 Å². The molecule has 1 N–H and O–H groups in total. The van der Waals surface area contributed by atoms with Crippen LogP contribution in [0.1, 0.15) is 49.7 Å². The summed E-state index contributed by atoms with van der Waals surface area (Å²) in [4.78, 5) is 29.5. The van der Waals surface area contributed by atoms with Crippen molar-refractivity contribution in [2.24, 2.45) is 0 Å². The number of hydrogen-bond donors (Lipinski definition) is 1. The van der Waals surface area contributed by atoms with Gasteiger partial charge in [0.15, 0.2) is 0 Å². The summed E-state index contributed by atoms with van der Waals surface area (Å²) in [5.74, 6) is -0.372. The van der Waals surface area contributed by atoms with Crippen molar-refractivity contribution >= 4 is 55.1 Å². The first-order valence-corrected chi connectivity index (χ1v) is 17.2. The van der Waals surface area contributed by atoms with Gasteiger partial charge in [0.2, 0.25) is 21.8 Å². The zero-order valence-corrected chi connectivity index (χ0v) is 26.9. The van der Waals surface area contributed by atoms with Crippen molar-refractivity contribution in [3.63, 3.8) is 0 Å². The number of sulfonamides is 1. The normalized spacial score (nSPS) is 14.4. The van der Waals surface area contributed by atoms with Crippen LogP contribution in [0, 0.1) is 0 Å². The van der Waals surface area contributed by atoms with Crippen molar-refractivity contribution in [1.82, 2.24) is 10.2 Å². The molecule has 1 saturated carbocycles. The zero-order chi connectivity index (χ0) is 30.1. The van der Waals surface area contributed by atoms with E-state index in [0.29, 0.717) is 17.1 Å². The Morgan fingerprint density at radius 1 is 0.976 bits per heavy atom. The number of rotatable bonds is 13. The van der Waals surface area contributed by atoms with E-state index >= 15 is 0 Å². The van der Waals surface area contributed by atoms with Gasteiger partial charge in [-0.3, -0.25) is 13.9 Å². The SMILES string of the molecule is CS(=O)(=O)N(CCCC(=O)N(Cc1cccc(Br)c1)[C@H](Cc1ccccc1)C(=O)NC1CCCC1)c1cccc(Cl)c1. The molecule has 0 aromatic heterocycles. The molecule has 0 saturated heterocycles. The molecular formula is C32H37BrClN3O4S. The van der Waals surface area contributed by atoms with Crippen molar-refractivity contribution in [3.8, 4) is 0 Å². The van der Waals surface area contributed by atoms with Crippen LogP contribution in [0.5, 0.6) is 0 Å². The highest BCUT2D eigenvalue weighted by molar-refractivity contribution is 9.10. The number of hydrogen-bond acceptors (Lipinski definition) is 4. The standard InChI is InChI=1S/C32H37BrClN3O4S/c1-42(40,41)37(29-17-8-14-27(34)22-29)19-9-18-31(38)36(23-25-12-7-13-26(33)20-25)30(21-24-10-3-2-4-11-24)32(39)35-28-15-5-6-16-28/h2-4,7-8,10-14,17,20,22,28,30H,5-6,9,15-16,18-19,21,23H2,1H3,(H,35,39)/t30-/m1/s1. The predicted molar refractivity (Wildman–Crippen MR) is 172 cm³/mol. The summed E-state index contributed by atoms with van der Waals surface area (Å²) in [6.07, 6.45) is 5.90. The van der Waals surface area contributed by atoms with Gasteiger partial charge in [0.05, 0.1) is 11.9 Å². The van der Waals surface area contributed by atoms with E-state index in [9.17, 15) is 18.0 Å². The molecule has 1 aliphatic carbocycles. The summed E-state index contributed by atoms with van der Waals surface area (Å²) < 4.78 is 27.4. The van der Waals surface area contributed by atoms with Gasteiger partial charge in [-0.15, -0.1) is 0 Å². The van der Waals surface area contributed by atoms with Gasteiger partial charge in [0.25, 0.3) is 0 Å². The minimum atomic E-state index is -3.61. The maximum Gasteiger partial charge on any atom is 0.243 e. The van der Waals surface area contributed by atoms with Gasteiger partial charge in [0.1, 0.15) is 6.04 Å². The number of nitrogens with one attached hydrogen (secondary N) is 1. The van der Waals surface area contributed by atoms with E-state index in [2.05, 4.69) is 21.2 Å². The third-order valence-corrected chi connectivity index (χ3v) is 9.39. The molecule has 7 nitrogen and oxygen atoms in total. The predicted octanol–water partition coefficient (Wildman–Crippen LogP) is 6.35. The third kappa shape index (κ3) is 9.31. The molecule has 0 radical (unpaired) electrons. The van der Waals surface area contributed by atoms with Crippen molar-refractivity contribution in [2.45, 2.75) is 63.6 Å². The lowest BCUT2D eigenvalue weighted by Crippen LogP contribution is -2.52. The van der Waals surface area contributed by atoms with Crippen LogP contribution in [0.4, 0.5) is 5.69 Å². The van der Waals surface area contributed by atoms with E-state index in [1.165, 1.54) is 4.31 Å². The maximum absolute atomic E-state index is 14.0. The van der Waals surface area contributed by atoms with Gasteiger partial charge in [-0.2, -0.15) is 0 Å². The van der Waals surface area contributed by atoms with Crippen molar-refractivity contribution in [2.75, 3.05) is 17.1 Å². The summed E-state index contributed by atoms with van der Waals surface area (Å²) in [5, 5.41) is 3.64. The average Bonchev–Trinajstić information content (AvgIpc) is 3.46. The summed E-state index contributed by atoms with van der Waals surface area (Å²) in [7, 11) is -3.61. The molecule has 1 aliphatic rings. The number of nitrogens with zero attached hydrogens (tertiary/aromatic N) is 2. The Labute approximate surface area is 262 Å². The Bertz CT molecular complexity index is 1470. The number of benzene rings is 3. The van der Waals surface area contributed by atoms with Crippen molar-refractivity contribution in [3.05, 3.63) is 99.5 Å². The summed E-state index contributed by atoms with van der Waals surface area (Å²) in [5.41, 5.74) is 2.29. The first-order chi connectivity index (χ1) is 20.1. The zero-order valence-electron chi connectivity index (χ0n) is 23.7. The van der Waals surface area contributed by atoms with Crippen LogP contribution in [-0.2, 0) is 32.6 Å². The van der Waals surface area contributed by atoms with Gasteiger partial charge < -0.3 is 10.2 Å². The van der Waals surface area contributed by atoms with Gasteiger partial charge in [-0.05, 0) is 60.7 Å². The minimum absolute atomic E-state index is 0.0720. The Hall–Kier alpha value is -2.88. The van der Waals surface area contributed by atoms with Crippen LogP contribution in [0.25, 0.3) is 0 Å². The second-order valence-electron chi connectivity index (χ2n) is 10.8. The van der Waals surface area contributed by atoms with Crippen LogP contribution in [0.3, 0.4) is 0 Å². The van der Waals surface area contributed by atoms with Crippen LogP contribution in [0.2, 0.25) is 5.02 Å². The third-order valence-electron chi connectivity index (χ3n) is 7.46. The number of halogens is 2. The topological polar surface area (TPSA) is 86.8 Å². The molecule has 2 amide bonds. The van der Waals surface area contributed by atoms with E-state index in [0.717, 1.165) is 47.5 Å². The number of carbonyl (C=O) groups excluding carboxylic acids is 2. The molecule has 3 aromatic rings. The number of amides is 2.